The topological polar surface area (TPSA) is 71.1 Å². The minimum Gasteiger partial charge on any atom is -0.493 e. The number of likely N-dealkylation sites (N-methyl/N-ethyl adjacent to an activating group) is 1. The third-order valence-corrected chi connectivity index (χ3v) is 5.78. The van der Waals surface area contributed by atoms with Crippen molar-refractivity contribution in [2.24, 2.45) is 5.92 Å². The van der Waals surface area contributed by atoms with Crippen LogP contribution in [0.3, 0.4) is 0 Å². The van der Waals surface area contributed by atoms with Gasteiger partial charge in [0.1, 0.15) is 0 Å². The standard InChI is InChI=1S/C21H31N3O4/c1-22-13-17-5-4-9-24(17)21(26)16-12-20(25)23(14-16)10-8-15-6-7-18(27-2)19(11-15)28-3/h6-7,11,16-17,22H,4-5,8-10,12-14H2,1-3H3. The maximum Gasteiger partial charge on any atom is 0.228 e. The summed E-state index contributed by atoms with van der Waals surface area (Å²) in [5, 5.41) is 3.17. The Morgan fingerprint density at radius 3 is 2.75 bits per heavy atom. The van der Waals surface area contributed by atoms with Gasteiger partial charge in [-0.1, -0.05) is 6.07 Å². The largest absolute Gasteiger partial charge is 0.493 e. The summed E-state index contributed by atoms with van der Waals surface area (Å²) in [5.41, 5.74) is 1.08. The summed E-state index contributed by atoms with van der Waals surface area (Å²) < 4.78 is 10.6. The molecule has 0 saturated carbocycles. The third kappa shape index (κ3) is 4.41. The third-order valence-electron chi connectivity index (χ3n) is 5.78. The fraction of sp³-hybridized carbons (Fsp3) is 0.619. The van der Waals surface area contributed by atoms with Gasteiger partial charge in [0.2, 0.25) is 11.8 Å². The van der Waals surface area contributed by atoms with E-state index in [2.05, 4.69) is 5.32 Å². The van der Waals surface area contributed by atoms with Gasteiger partial charge in [-0.15, -0.1) is 0 Å². The van der Waals surface area contributed by atoms with E-state index in [1.54, 1.807) is 14.2 Å². The molecule has 1 aromatic carbocycles. The van der Waals surface area contributed by atoms with E-state index >= 15 is 0 Å². The normalized spacial score (nSPS) is 22.0. The number of nitrogens with zero attached hydrogens (tertiary/aromatic N) is 2. The molecular weight excluding hydrogens is 358 g/mol. The van der Waals surface area contributed by atoms with Gasteiger partial charge in [0.15, 0.2) is 11.5 Å². The monoisotopic (exact) mass is 389 g/mol. The minimum absolute atomic E-state index is 0.0724. The number of carbonyl (C=O) groups is 2. The van der Waals surface area contributed by atoms with Crippen LogP contribution in [0.15, 0.2) is 18.2 Å². The summed E-state index contributed by atoms with van der Waals surface area (Å²) in [6.07, 6.45) is 3.13. The second-order valence-corrected chi connectivity index (χ2v) is 7.57. The van der Waals surface area contributed by atoms with Crippen molar-refractivity contribution in [2.45, 2.75) is 31.7 Å². The van der Waals surface area contributed by atoms with Crippen molar-refractivity contribution in [3.8, 4) is 11.5 Å². The van der Waals surface area contributed by atoms with E-state index in [0.717, 1.165) is 37.9 Å². The number of ether oxygens (including phenoxy) is 2. The molecule has 2 aliphatic heterocycles. The van der Waals surface area contributed by atoms with Crippen LogP contribution in [0.5, 0.6) is 11.5 Å². The van der Waals surface area contributed by atoms with E-state index in [1.165, 1.54) is 0 Å². The van der Waals surface area contributed by atoms with Gasteiger partial charge in [0, 0.05) is 38.6 Å². The van der Waals surface area contributed by atoms with Crippen molar-refractivity contribution in [3.63, 3.8) is 0 Å². The van der Waals surface area contributed by atoms with Crippen LogP contribution in [0.1, 0.15) is 24.8 Å². The molecule has 2 atom stereocenters. The predicted molar refractivity (Wildman–Crippen MR) is 107 cm³/mol. The van der Waals surface area contributed by atoms with Gasteiger partial charge in [-0.3, -0.25) is 9.59 Å². The average Bonchev–Trinajstić information content (AvgIpc) is 3.32. The summed E-state index contributed by atoms with van der Waals surface area (Å²) in [6, 6.07) is 6.06. The first-order chi connectivity index (χ1) is 13.6. The molecule has 0 aliphatic carbocycles. The molecule has 2 aliphatic rings. The van der Waals surface area contributed by atoms with Gasteiger partial charge in [0.25, 0.3) is 0 Å². The second kappa shape index (κ2) is 9.28. The highest BCUT2D eigenvalue weighted by molar-refractivity contribution is 5.89. The molecular formula is C21H31N3O4. The van der Waals surface area contributed by atoms with Gasteiger partial charge in [-0.2, -0.15) is 0 Å². The van der Waals surface area contributed by atoms with Crippen molar-refractivity contribution in [3.05, 3.63) is 23.8 Å². The average molecular weight is 389 g/mol. The van der Waals surface area contributed by atoms with Gasteiger partial charge in [-0.25, -0.2) is 0 Å². The number of methoxy groups -OCH3 is 2. The molecule has 0 bridgehead atoms. The molecule has 2 unspecified atom stereocenters. The van der Waals surface area contributed by atoms with Gasteiger partial charge in [0.05, 0.1) is 20.1 Å². The van der Waals surface area contributed by atoms with Crippen LogP contribution in [-0.4, -0.2) is 75.1 Å². The van der Waals surface area contributed by atoms with E-state index in [9.17, 15) is 9.59 Å². The van der Waals surface area contributed by atoms with Crippen LogP contribution in [0, 0.1) is 5.92 Å². The van der Waals surface area contributed by atoms with Crippen LogP contribution >= 0.6 is 0 Å². The smallest absolute Gasteiger partial charge is 0.228 e. The Kier molecular flexibility index (Phi) is 6.78. The lowest BCUT2D eigenvalue weighted by Crippen LogP contribution is -2.44. The molecule has 3 rings (SSSR count). The zero-order chi connectivity index (χ0) is 20.1. The first-order valence-electron chi connectivity index (χ1n) is 10.0. The lowest BCUT2D eigenvalue weighted by Gasteiger charge is -2.27. The van der Waals surface area contributed by atoms with E-state index in [1.807, 2.05) is 35.0 Å². The number of hydrogen-bond acceptors (Lipinski definition) is 5. The zero-order valence-corrected chi connectivity index (χ0v) is 17.1. The Balaban J connectivity index is 1.57. The fourth-order valence-electron chi connectivity index (χ4n) is 4.26. The molecule has 2 fully saturated rings. The van der Waals surface area contributed by atoms with Crippen LogP contribution in [0.4, 0.5) is 0 Å². The van der Waals surface area contributed by atoms with Crippen LogP contribution in [0.25, 0.3) is 0 Å². The van der Waals surface area contributed by atoms with Gasteiger partial charge >= 0.3 is 0 Å². The number of benzene rings is 1. The van der Waals surface area contributed by atoms with Crippen molar-refractivity contribution >= 4 is 11.8 Å². The fourth-order valence-corrected chi connectivity index (χ4v) is 4.26. The number of rotatable bonds is 8. The molecule has 7 nitrogen and oxygen atoms in total. The highest BCUT2D eigenvalue weighted by atomic mass is 16.5. The van der Waals surface area contributed by atoms with Crippen LogP contribution in [0.2, 0.25) is 0 Å². The highest BCUT2D eigenvalue weighted by Crippen LogP contribution is 2.29. The highest BCUT2D eigenvalue weighted by Gasteiger charge is 2.39. The Labute approximate surface area is 167 Å². The Morgan fingerprint density at radius 1 is 1.25 bits per heavy atom. The van der Waals surface area contributed by atoms with Gasteiger partial charge < -0.3 is 24.6 Å². The van der Waals surface area contributed by atoms with E-state index in [0.29, 0.717) is 31.0 Å². The van der Waals surface area contributed by atoms with Crippen molar-refractivity contribution in [1.29, 1.82) is 0 Å². The van der Waals surface area contributed by atoms with Crippen LogP contribution in [-0.2, 0) is 16.0 Å². The van der Waals surface area contributed by atoms with Crippen LogP contribution < -0.4 is 14.8 Å². The molecule has 2 heterocycles. The Hall–Kier alpha value is -2.28. The number of carbonyl (C=O) groups excluding carboxylic acids is 2. The molecule has 1 N–H and O–H groups in total. The minimum atomic E-state index is -0.213. The molecule has 7 heteroatoms. The number of hydrogen-bond donors (Lipinski definition) is 1. The lowest BCUT2D eigenvalue weighted by atomic mass is 10.1. The first kappa shape index (κ1) is 20.5. The second-order valence-electron chi connectivity index (χ2n) is 7.57. The van der Waals surface area contributed by atoms with E-state index in [-0.39, 0.29) is 23.8 Å². The predicted octanol–water partition coefficient (Wildman–Crippen LogP) is 1.31. The van der Waals surface area contributed by atoms with Crippen molar-refractivity contribution < 1.29 is 19.1 Å². The molecule has 2 amide bonds. The van der Waals surface area contributed by atoms with E-state index in [4.69, 9.17) is 9.47 Å². The maximum atomic E-state index is 12.9. The van der Waals surface area contributed by atoms with Gasteiger partial charge in [-0.05, 0) is 44.0 Å². The van der Waals surface area contributed by atoms with E-state index < -0.39 is 0 Å². The molecule has 0 radical (unpaired) electrons. The molecule has 154 valence electrons. The summed E-state index contributed by atoms with van der Waals surface area (Å²) in [4.78, 5) is 29.2. The molecule has 28 heavy (non-hydrogen) atoms. The molecule has 2 saturated heterocycles. The quantitative estimate of drug-likeness (QED) is 0.726. The molecule has 0 spiro atoms. The first-order valence-corrected chi connectivity index (χ1v) is 10.0. The SMILES string of the molecule is CNCC1CCCN1C(=O)C1CC(=O)N(CCc2ccc(OC)c(OC)c2)C1. The van der Waals surface area contributed by atoms with Crippen molar-refractivity contribution in [2.75, 3.05) is 47.4 Å². The summed E-state index contributed by atoms with van der Waals surface area (Å²) >= 11 is 0. The number of amides is 2. The molecule has 0 aromatic heterocycles. The maximum absolute atomic E-state index is 12.9. The summed E-state index contributed by atoms with van der Waals surface area (Å²) in [6.45, 7) is 2.75. The summed E-state index contributed by atoms with van der Waals surface area (Å²) in [5.74, 6) is 1.37. The Bertz CT molecular complexity index is 709. The lowest BCUT2D eigenvalue weighted by molar-refractivity contribution is -0.136. The molecule has 1 aromatic rings. The summed E-state index contributed by atoms with van der Waals surface area (Å²) in [7, 11) is 5.14. The zero-order valence-electron chi connectivity index (χ0n) is 17.1. The number of likely N-dealkylation sites (tertiary alicyclic amines) is 2. The number of nitrogens with one attached hydrogen (secondary N) is 1. The Morgan fingerprint density at radius 2 is 2.04 bits per heavy atom. The van der Waals surface area contributed by atoms with Crippen molar-refractivity contribution in [1.82, 2.24) is 15.1 Å².